The molecule has 96 valence electrons. The molecule has 18 heavy (non-hydrogen) atoms. The van der Waals surface area contributed by atoms with E-state index in [0.29, 0.717) is 5.41 Å². The Morgan fingerprint density at radius 3 is 2.72 bits per heavy atom. The fourth-order valence-corrected chi connectivity index (χ4v) is 2.52. The maximum Gasteiger partial charge on any atom is 0.0912 e. The summed E-state index contributed by atoms with van der Waals surface area (Å²) in [5, 5.41) is 8.42. The zero-order valence-corrected chi connectivity index (χ0v) is 12.0. The van der Waals surface area contributed by atoms with Crippen molar-refractivity contribution in [3.8, 4) is 6.07 Å². The van der Waals surface area contributed by atoms with Crippen LogP contribution in [0.2, 0.25) is 0 Å². The van der Waals surface area contributed by atoms with Crippen LogP contribution in [0.1, 0.15) is 47.0 Å². The number of rotatable bonds is 3. The Morgan fingerprint density at radius 2 is 2.11 bits per heavy atom. The average molecular weight is 241 g/mol. The number of hydrogen-bond acceptors (Lipinski definition) is 1. The van der Waals surface area contributed by atoms with Crippen LogP contribution in [0.25, 0.3) is 0 Å². The standard InChI is InChI=1S/C17H23N/c1-14(8-5-6-13-18)10-11-16-15(2)9-7-12-17(16,3)4/h5-6,8,10-11H,7,9,12H2,1-4H3/b6-5+,11-10+,14-8+. The first-order chi connectivity index (χ1) is 8.47. The zero-order valence-electron chi connectivity index (χ0n) is 12.0. The molecule has 1 nitrogen and oxygen atoms in total. The van der Waals surface area contributed by atoms with Gasteiger partial charge in [-0.05, 0) is 44.1 Å². The lowest BCUT2D eigenvalue weighted by molar-refractivity contribution is 0.377. The summed E-state index contributed by atoms with van der Waals surface area (Å²) in [6.07, 6.45) is 13.4. The van der Waals surface area contributed by atoms with Gasteiger partial charge in [0.05, 0.1) is 6.07 Å². The fourth-order valence-electron chi connectivity index (χ4n) is 2.52. The highest BCUT2D eigenvalue weighted by Crippen LogP contribution is 2.40. The Bertz CT molecular complexity index is 450. The molecule has 1 aliphatic rings. The Morgan fingerprint density at radius 1 is 1.39 bits per heavy atom. The monoisotopic (exact) mass is 241 g/mol. The van der Waals surface area contributed by atoms with Crippen molar-refractivity contribution in [3.05, 3.63) is 47.1 Å². The van der Waals surface area contributed by atoms with Gasteiger partial charge in [-0.3, -0.25) is 0 Å². The van der Waals surface area contributed by atoms with E-state index in [2.05, 4.69) is 39.8 Å². The third-order valence-corrected chi connectivity index (χ3v) is 3.59. The van der Waals surface area contributed by atoms with E-state index in [9.17, 15) is 0 Å². The third-order valence-electron chi connectivity index (χ3n) is 3.59. The van der Waals surface area contributed by atoms with Gasteiger partial charge < -0.3 is 0 Å². The van der Waals surface area contributed by atoms with Crippen molar-refractivity contribution < 1.29 is 0 Å². The molecule has 0 atom stereocenters. The molecule has 0 fully saturated rings. The van der Waals surface area contributed by atoms with Crippen molar-refractivity contribution in [1.82, 2.24) is 0 Å². The lowest BCUT2D eigenvalue weighted by Crippen LogP contribution is -2.19. The van der Waals surface area contributed by atoms with Gasteiger partial charge in [0, 0.05) is 6.08 Å². The minimum atomic E-state index is 0.293. The van der Waals surface area contributed by atoms with Crippen LogP contribution >= 0.6 is 0 Å². The summed E-state index contributed by atoms with van der Waals surface area (Å²) in [6.45, 7) is 8.95. The highest BCUT2D eigenvalue weighted by atomic mass is 14.3. The van der Waals surface area contributed by atoms with Gasteiger partial charge in [0.1, 0.15) is 0 Å². The molecule has 0 bridgehead atoms. The van der Waals surface area contributed by atoms with Gasteiger partial charge in [-0.25, -0.2) is 0 Å². The number of allylic oxidation sites excluding steroid dienone is 8. The van der Waals surface area contributed by atoms with E-state index < -0.39 is 0 Å². The Hall–Kier alpha value is -1.55. The van der Waals surface area contributed by atoms with Gasteiger partial charge in [-0.2, -0.15) is 5.26 Å². The molecule has 0 aliphatic heterocycles. The fraction of sp³-hybridized carbons (Fsp3) is 0.471. The van der Waals surface area contributed by atoms with E-state index in [-0.39, 0.29) is 0 Å². The summed E-state index contributed by atoms with van der Waals surface area (Å²) in [7, 11) is 0. The van der Waals surface area contributed by atoms with Gasteiger partial charge in [0.15, 0.2) is 0 Å². The first-order valence-corrected chi connectivity index (χ1v) is 6.59. The first-order valence-electron chi connectivity index (χ1n) is 6.59. The molecule has 0 aromatic carbocycles. The quantitative estimate of drug-likeness (QED) is 0.498. The molecular formula is C17H23N. The van der Waals surface area contributed by atoms with Gasteiger partial charge in [0.2, 0.25) is 0 Å². The van der Waals surface area contributed by atoms with Crippen LogP contribution in [-0.2, 0) is 0 Å². The average Bonchev–Trinajstić information content (AvgIpc) is 2.28. The summed E-state index contributed by atoms with van der Waals surface area (Å²) >= 11 is 0. The minimum absolute atomic E-state index is 0.293. The van der Waals surface area contributed by atoms with E-state index in [1.807, 2.05) is 12.1 Å². The predicted octanol–water partition coefficient (Wildman–Crippen LogP) is 5.10. The maximum atomic E-state index is 8.42. The Balaban J connectivity index is 2.86. The van der Waals surface area contributed by atoms with Crippen LogP contribution in [0.5, 0.6) is 0 Å². The largest absolute Gasteiger partial charge is 0.193 e. The molecule has 0 aromatic heterocycles. The van der Waals surface area contributed by atoms with Crippen LogP contribution in [0, 0.1) is 16.7 Å². The van der Waals surface area contributed by atoms with Gasteiger partial charge in [-0.15, -0.1) is 0 Å². The zero-order chi connectivity index (χ0) is 13.6. The van der Waals surface area contributed by atoms with E-state index >= 15 is 0 Å². The van der Waals surface area contributed by atoms with E-state index in [4.69, 9.17) is 5.26 Å². The highest BCUT2D eigenvalue weighted by molar-refractivity contribution is 5.36. The van der Waals surface area contributed by atoms with Crippen LogP contribution in [0.15, 0.2) is 47.1 Å². The molecule has 0 amide bonds. The van der Waals surface area contributed by atoms with Crippen molar-refractivity contribution in [2.24, 2.45) is 5.41 Å². The van der Waals surface area contributed by atoms with E-state index in [0.717, 1.165) is 0 Å². The molecule has 0 aromatic rings. The summed E-state index contributed by atoms with van der Waals surface area (Å²) in [4.78, 5) is 0. The van der Waals surface area contributed by atoms with Crippen LogP contribution in [0.4, 0.5) is 0 Å². The van der Waals surface area contributed by atoms with E-state index in [1.165, 1.54) is 42.1 Å². The van der Waals surface area contributed by atoms with Crippen molar-refractivity contribution in [2.45, 2.75) is 47.0 Å². The smallest absolute Gasteiger partial charge is 0.0912 e. The normalized spacial score (nSPS) is 20.7. The molecule has 1 heteroatoms. The number of nitrogens with zero attached hydrogens (tertiary/aromatic N) is 1. The van der Waals surface area contributed by atoms with E-state index in [1.54, 1.807) is 6.08 Å². The van der Waals surface area contributed by atoms with Gasteiger partial charge in [-0.1, -0.05) is 49.3 Å². The molecule has 0 radical (unpaired) electrons. The molecule has 1 aliphatic carbocycles. The molecule has 1 rings (SSSR count). The topological polar surface area (TPSA) is 23.8 Å². The summed E-state index contributed by atoms with van der Waals surface area (Å²) < 4.78 is 0. The Labute approximate surface area is 111 Å². The molecule has 0 spiro atoms. The lowest BCUT2D eigenvalue weighted by atomic mass is 9.72. The van der Waals surface area contributed by atoms with Crippen LogP contribution in [-0.4, -0.2) is 0 Å². The van der Waals surface area contributed by atoms with Crippen molar-refractivity contribution >= 4 is 0 Å². The number of hydrogen-bond donors (Lipinski definition) is 0. The molecule has 0 unspecified atom stereocenters. The molecule has 0 N–H and O–H groups in total. The van der Waals surface area contributed by atoms with Crippen molar-refractivity contribution in [1.29, 1.82) is 5.26 Å². The van der Waals surface area contributed by atoms with Crippen LogP contribution in [0.3, 0.4) is 0 Å². The summed E-state index contributed by atoms with van der Waals surface area (Å²) in [6, 6.07) is 1.99. The van der Waals surface area contributed by atoms with Crippen molar-refractivity contribution in [2.75, 3.05) is 0 Å². The molecule has 0 saturated carbocycles. The second-order valence-electron chi connectivity index (χ2n) is 5.66. The maximum absolute atomic E-state index is 8.42. The Kier molecular flexibility index (Phi) is 5.16. The summed E-state index contributed by atoms with van der Waals surface area (Å²) in [5.41, 5.74) is 4.46. The van der Waals surface area contributed by atoms with Crippen molar-refractivity contribution in [3.63, 3.8) is 0 Å². The first kappa shape index (κ1) is 14.5. The molecule has 0 heterocycles. The second-order valence-corrected chi connectivity index (χ2v) is 5.66. The molecular weight excluding hydrogens is 218 g/mol. The predicted molar refractivity (Wildman–Crippen MR) is 78.0 cm³/mol. The van der Waals surface area contributed by atoms with Gasteiger partial charge >= 0.3 is 0 Å². The minimum Gasteiger partial charge on any atom is -0.193 e. The van der Waals surface area contributed by atoms with Gasteiger partial charge in [0.25, 0.3) is 0 Å². The SMILES string of the molecule is CC1=C(/C=C/C(C)=C/C=C/C#N)C(C)(C)CCC1. The highest BCUT2D eigenvalue weighted by Gasteiger charge is 2.26. The second kappa shape index (κ2) is 6.40. The number of nitriles is 1. The third kappa shape index (κ3) is 4.04. The summed E-state index contributed by atoms with van der Waals surface area (Å²) in [5.74, 6) is 0. The van der Waals surface area contributed by atoms with Crippen LogP contribution < -0.4 is 0 Å². The lowest BCUT2D eigenvalue weighted by Gasteiger charge is -2.32. The molecule has 0 saturated heterocycles.